The van der Waals surface area contributed by atoms with E-state index in [0.717, 1.165) is 6.07 Å². The number of nitrogens with one attached hydrogen (secondary N) is 1. The van der Waals surface area contributed by atoms with E-state index in [9.17, 15) is 14.0 Å². The quantitative estimate of drug-likeness (QED) is 0.740. The maximum Gasteiger partial charge on any atom is 0.338 e. The van der Waals surface area contributed by atoms with Crippen LogP contribution in [0, 0.1) is 5.82 Å². The Hall–Kier alpha value is -2.80. The van der Waals surface area contributed by atoms with Crippen molar-refractivity contribution < 1.29 is 28.2 Å². The van der Waals surface area contributed by atoms with E-state index in [1.54, 1.807) is 13.0 Å². The molecule has 0 spiro atoms. The summed E-state index contributed by atoms with van der Waals surface area (Å²) in [6.07, 6.45) is 0. The highest BCUT2D eigenvalue weighted by Crippen LogP contribution is 2.28. The van der Waals surface area contributed by atoms with E-state index in [2.05, 4.69) is 5.32 Å². The molecule has 2 aromatic carbocycles. The second-order valence-corrected chi connectivity index (χ2v) is 5.46. The van der Waals surface area contributed by atoms with E-state index in [-0.39, 0.29) is 29.5 Å². The van der Waals surface area contributed by atoms with E-state index in [1.807, 2.05) is 0 Å². The number of benzene rings is 2. The van der Waals surface area contributed by atoms with Crippen molar-refractivity contribution >= 4 is 29.2 Å². The summed E-state index contributed by atoms with van der Waals surface area (Å²) in [4.78, 5) is 23.8. The standard InChI is InChI=1S/C18H17ClFNO5/c1-3-25-18(23)11-4-7-15(24-2)16(8-11)26-10-17(22)21-12-5-6-14(20)13(19)9-12/h4-9H,3,10H2,1-2H3,(H,21,22). The van der Waals surface area contributed by atoms with Crippen LogP contribution in [-0.4, -0.2) is 32.2 Å². The predicted molar refractivity (Wildman–Crippen MR) is 94.5 cm³/mol. The fraction of sp³-hybridized carbons (Fsp3) is 0.222. The van der Waals surface area contributed by atoms with Crippen LogP contribution in [0.1, 0.15) is 17.3 Å². The molecule has 0 radical (unpaired) electrons. The highest BCUT2D eigenvalue weighted by atomic mass is 35.5. The number of methoxy groups -OCH3 is 1. The lowest BCUT2D eigenvalue weighted by Gasteiger charge is -2.12. The van der Waals surface area contributed by atoms with Crippen LogP contribution in [0.5, 0.6) is 11.5 Å². The molecule has 0 fully saturated rings. The molecule has 1 N–H and O–H groups in total. The first kappa shape index (κ1) is 19.5. The Labute approximate surface area is 154 Å². The molecule has 0 bridgehead atoms. The number of esters is 1. The number of anilines is 1. The van der Waals surface area contributed by atoms with Crippen LogP contribution in [0.3, 0.4) is 0 Å². The van der Waals surface area contributed by atoms with Crippen molar-refractivity contribution in [3.8, 4) is 11.5 Å². The summed E-state index contributed by atoms with van der Waals surface area (Å²) in [7, 11) is 1.44. The fourth-order valence-electron chi connectivity index (χ4n) is 2.05. The van der Waals surface area contributed by atoms with E-state index < -0.39 is 17.7 Å². The van der Waals surface area contributed by atoms with Gasteiger partial charge in [-0.1, -0.05) is 11.6 Å². The van der Waals surface area contributed by atoms with Gasteiger partial charge in [0, 0.05) is 5.69 Å². The van der Waals surface area contributed by atoms with Gasteiger partial charge >= 0.3 is 5.97 Å². The van der Waals surface area contributed by atoms with E-state index >= 15 is 0 Å². The molecule has 1 amide bonds. The molecule has 0 saturated carbocycles. The summed E-state index contributed by atoms with van der Waals surface area (Å²) in [6, 6.07) is 8.31. The van der Waals surface area contributed by atoms with Gasteiger partial charge in [0.15, 0.2) is 18.1 Å². The summed E-state index contributed by atoms with van der Waals surface area (Å²) in [5.74, 6) is -1.01. The number of carbonyl (C=O) groups excluding carboxylic acids is 2. The Morgan fingerprint density at radius 2 is 1.92 bits per heavy atom. The van der Waals surface area contributed by atoms with Crippen molar-refractivity contribution in [1.82, 2.24) is 0 Å². The number of ether oxygens (including phenoxy) is 3. The zero-order valence-corrected chi connectivity index (χ0v) is 14.9. The molecule has 138 valence electrons. The third kappa shape index (κ3) is 5.10. The third-order valence-electron chi connectivity index (χ3n) is 3.24. The summed E-state index contributed by atoms with van der Waals surface area (Å²) < 4.78 is 28.6. The number of amides is 1. The average molecular weight is 382 g/mol. The Morgan fingerprint density at radius 3 is 2.58 bits per heavy atom. The number of hydrogen-bond acceptors (Lipinski definition) is 5. The monoisotopic (exact) mass is 381 g/mol. The minimum absolute atomic E-state index is 0.104. The number of hydrogen-bond donors (Lipinski definition) is 1. The molecule has 0 heterocycles. The second-order valence-electron chi connectivity index (χ2n) is 5.05. The van der Waals surface area contributed by atoms with Gasteiger partial charge in [-0.05, 0) is 43.3 Å². The molecule has 0 aliphatic heterocycles. The van der Waals surface area contributed by atoms with Gasteiger partial charge in [0.1, 0.15) is 5.82 Å². The van der Waals surface area contributed by atoms with Gasteiger partial charge in [-0.2, -0.15) is 0 Å². The molecule has 0 aliphatic carbocycles. The van der Waals surface area contributed by atoms with Gasteiger partial charge in [-0.15, -0.1) is 0 Å². The fourth-order valence-corrected chi connectivity index (χ4v) is 2.23. The van der Waals surface area contributed by atoms with Crippen molar-refractivity contribution in [3.63, 3.8) is 0 Å². The van der Waals surface area contributed by atoms with Crippen molar-refractivity contribution in [2.45, 2.75) is 6.92 Å². The van der Waals surface area contributed by atoms with Crippen molar-refractivity contribution in [1.29, 1.82) is 0 Å². The summed E-state index contributed by atoms with van der Waals surface area (Å²) in [6.45, 7) is 1.59. The third-order valence-corrected chi connectivity index (χ3v) is 3.53. The predicted octanol–water partition coefficient (Wildman–Crippen LogP) is 3.68. The number of halogens is 2. The molecule has 0 unspecified atom stereocenters. The molecule has 6 nitrogen and oxygen atoms in total. The zero-order chi connectivity index (χ0) is 19.1. The highest BCUT2D eigenvalue weighted by Gasteiger charge is 2.14. The number of carbonyl (C=O) groups is 2. The highest BCUT2D eigenvalue weighted by molar-refractivity contribution is 6.31. The molecular weight excluding hydrogens is 365 g/mol. The largest absolute Gasteiger partial charge is 0.493 e. The van der Waals surface area contributed by atoms with Crippen LogP contribution in [0.4, 0.5) is 10.1 Å². The van der Waals surface area contributed by atoms with Crippen molar-refractivity contribution in [3.05, 3.63) is 52.8 Å². The zero-order valence-electron chi connectivity index (χ0n) is 14.2. The summed E-state index contributed by atoms with van der Waals surface area (Å²) >= 11 is 5.66. The minimum atomic E-state index is -0.582. The first-order valence-electron chi connectivity index (χ1n) is 7.67. The molecule has 0 aliphatic rings. The van der Waals surface area contributed by atoms with Crippen LogP contribution in [0.25, 0.3) is 0 Å². The number of rotatable bonds is 7. The lowest BCUT2D eigenvalue weighted by atomic mass is 10.2. The first-order valence-corrected chi connectivity index (χ1v) is 8.05. The lowest BCUT2D eigenvalue weighted by molar-refractivity contribution is -0.118. The van der Waals surface area contributed by atoms with Gasteiger partial charge in [0.2, 0.25) is 0 Å². The van der Waals surface area contributed by atoms with Gasteiger partial charge < -0.3 is 19.5 Å². The first-order chi connectivity index (χ1) is 12.4. The SMILES string of the molecule is CCOC(=O)c1ccc(OC)c(OCC(=O)Nc2ccc(F)c(Cl)c2)c1. The molecular formula is C18H17ClFNO5. The second kappa shape index (κ2) is 9.05. The van der Waals surface area contributed by atoms with E-state index in [0.29, 0.717) is 11.4 Å². The van der Waals surface area contributed by atoms with Crippen LogP contribution in [0.15, 0.2) is 36.4 Å². The van der Waals surface area contributed by atoms with Crippen LogP contribution >= 0.6 is 11.6 Å². The molecule has 0 atom stereocenters. The van der Waals surface area contributed by atoms with Gasteiger partial charge in [-0.25, -0.2) is 9.18 Å². The summed E-state index contributed by atoms with van der Waals surface area (Å²) in [5, 5.41) is 2.42. The van der Waals surface area contributed by atoms with Crippen LogP contribution < -0.4 is 14.8 Å². The topological polar surface area (TPSA) is 73.9 Å². The molecule has 0 aromatic heterocycles. The maximum atomic E-state index is 13.1. The summed E-state index contributed by atoms with van der Waals surface area (Å²) in [5.41, 5.74) is 0.602. The van der Waals surface area contributed by atoms with Crippen LogP contribution in [-0.2, 0) is 9.53 Å². The Balaban J connectivity index is 2.04. The lowest BCUT2D eigenvalue weighted by Crippen LogP contribution is -2.20. The average Bonchev–Trinajstić information content (AvgIpc) is 2.63. The molecule has 0 saturated heterocycles. The normalized spacial score (nSPS) is 10.2. The van der Waals surface area contributed by atoms with E-state index in [1.165, 1.54) is 31.4 Å². The van der Waals surface area contributed by atoms with Gasteiger partial charge in [-0.3, -0.25) is 4.79 Å². The minimum Gasteiger partial charge on any atom is -0.493 e. The molecule has 26 heavy (non-hydrogen) atoms. The van der Waals surface area contributed by atoms with Crippen LogP contribution in [0.2, 0.25) is 5.02 Å². The van der Waals surface area contributed by atoms with E-state index in [4.69, 9.17) is 25.8 Å². The Bertz CT molecular complexity index is 812. The Morgan fingerprint density at radius 1 is 1.15 bits per heavy atom. The molecule has 8 heteroatoms. The smallest absolute Gasteiger partial charge is 0.338 e. The maximum absolute atomic E-state index is 13.1. The molecule has 2 aromatic rings. The van der Waals surface area contributed by atoms with Crippen molar-refractivity contribution in [2.75, 3.05) is 25.6 Å². The van der Waals surface area contributed by atoms with Crippen molar-refractivity contribution in [2.24, 2.45) is 0 Å². The van der Waals surface area contributed by atoms with Gasteiger partial charge in [0.25, 0.3) is 5.91 Å². The van der Waals surface area contributed by atoms with Gasteiger partial charge in [0.05, 0.1) is 24.3 Å². The molecule has 2 rings (SSSR count). The Kier molecular flexibility index (Phi) is 6.80.